The largest absolute Gasteiger partial charge is 0.326 e. The lowest BCUT2D eigenvalue weighted by atomic mass is 10.1. The molecule has 1 N–H and O–H groups in total. The number of nitrogens with one attached hydrogen (secondary N) is 1. The van der Waals surface area contributed by atoms with Gasteiger partial charge in [-0.15, -0.1) is 11.8 Å². The Kier molecular flexibility index (Phi) is 4.72. The standard InChI is InChI=1S/C21H22N2O2S/c1-2-14-6-3-4-9-18(14)23-19(24)13-26-21(23)16-7-5-8-17(12-16)22-20(25)15-10-11-15/h3-9,12,15,21H,2,10-11,13H2,1H3,(H,22,25)/t21-/m0/s1. The molecule has 2 aromatic rings. The summed E-state index contributed by atoms with van der Waals surface area (Å²) in [5.74, 6) is 0.884. The van der Waals surface area contributed by atoms with Crippen LogP contribution in [0.4, 0.5) is 11.4 Å². The summed E-state index contributed by atoms with van der Waals surface area (Å²) in [4.78, 5) is 26.6. The van der Waals surface area contributed by atoms with Gasteiger partial charge in [0, 0.05) is 17.3 Å². The van der Waals surface area contributed by atoms with Crippen LogP contribution in [0, 0.1) is 5.92 Å². The van der Waals surface area contributed by atoms with E-state index in [0.29, 0.717) is 5.75 Å². The summed E-state index contributed by atoms with van der Waals surface area (Å²) in [6, 6.07) is 16.0. The molecule has 4 rings (SSSR count). The first-order valence-corrected chi connectivity index (χ1v) is 10.1. The second kappa shape index (κ2) is 7.16. The normalized spacial score (nSPS) is 19.7. The fourth-order valence-electron chi connectivity index (χ4n) is 3.34. The average molecular weight is 366 g/mol. The van der Waals surface area contributed by atoms with Crippen LogP contribution in [0.15, 0.2) is 48.5 Å². The van der Waals surface area contributed by atoms with E-state index in [1.54, 1.807) is 11.8 Å². The van der Waals surface area contributed by atoms with Gasteiger partial charge in [-0.25, -0.2) is 0 Å². The Hall–Kier alpha value is -2.27. The van der Waals surface area contributed by atoms with Crippen molar-refractivity contribution in [2.24, 2.45) is 5.92 Å². The van der Waals surface area contributed by atoms with Crippen LogP contribution < -0.4 is 10.2 Å². The van der Waals surface area contributed by atoms with Gasteiger partial charge in [0.1, 0.15) is 5.37 Å². The second-order valence-corrected chi connectivity index (χ2v) is 7.87. The zero-order chi connectivity index (χ0) is 18.1. The van der Waals surface area contributed by atoms with Gasteiger partial charge >= 0.3 is 0 Å². The zero-order valence-corrected chi connectivity index (χ0v) is 15.6. The number of carbonyl (C=O) groups excluding carboxylic acids is 2. The van der Waals surface area contributed by atoms with E-state index < -0.39 is 0 Å². The molecule has 26 heavy (non-hydrogen) atoms. The molecule has 0 unspecified atom stereocenters. The second-order valence-electron chi connectivity index (χ2n) is 6.80. The first-order valence-electron chi connectivity index (χ1n) is 9.09. The summed E-state index contributed by atoms with van der Waals surface area (Å²) in [6.45, 7) is 2.11. The molecule has 0 bridgehead atoms. The van der Waals surface area contributed by atoms with E-state index in [1.165, 1.54) is 5.56 Å². The Morgan fingerprint density at radius 2 is 2.00 bits per heavy atom. The Balaban J connectivity index is 1.63. The van der Waals surface area contributed by atoms with Crippen molar-refractivity contribution in [3.8, 4) is 0 Å². The van der Waals surface area contributed by atoms with Crippen molar-refractivity contribution in [3.63, 3.8) is 0 Å². The first kappa shape index (κ1) is 17.2. The molecule has 1 aliphatic carbocycles. The third-order valence-electron chi connectivity index (χ3n) is 4.89. The van der Waals surface area contributed by atoms with Crippen LogP contribution >= 0.6 is 11.8 Å². The van der Waals surface area contributed by atoms with Crippen LogP contribution in [0.2, 0.25) is 0 Å². The lowest BCUT2D eigenvalue weighted by Gasteiger charge is -2.26. The van der Waals surface area contributed by atoms with Crippen LogP contribution in [0.1, 0.15) is 36.3 Å². The van der Waals surface area contributed by atoms with Gasteiger partial charge in [0.05, 0.1) is 5.75 Å². The van der Waals surface area contributed by atoms with Gasteiger partial charge in [0.15, 0.2) is 0 Å². The van der Waals surface area contributed by atoms with Crippen molar-refractivity contribution in [2.45, 2.75) is 31.6 Å². The number of carbonyl (C=O) groups is 2. The predicted octanol–water partition coefficient (Wildman–Crippen LogP) is 4.38. The van der Waals surface area contributed by atoms with Crippen molar-refractivity contribution >= 4 is 35.0 Å². The molecule has 0 radical (unpaired) electrons. The molecule has 2 amide bonds. The minimum atomic E-state index is -0.0621. The average Bonchev–Trinajstić information content (AvgIpc) is 3.44. The number of aryl methyl sites for hydroxylation is 1. The highest BCUT2D eigenvalue weighted by atomic mass is 32.2. The summed E-state index contributed by atoms with van der Waals surface area (Å²) < 4.78 is 0. The molecule has 4 nitrogen and oxygen atoms in total. The van der Waals surface area contributed by atoms with Crippen molar-refractivity contribution in [1.82, 2.24) is 0 Å². The minimum Gasteiger partial charge on any atom is -0.326 e. The zero-order valence-electron chi connectivity index (χ0n) is 14.8. The Morgan fingerprint density at radius 1 is 1.19 bits per heavy atom. The fourth-order valence-corrected chi connectivity index (χ4v) is 4.49. The summed E-state index contributed by atoms with van der Waals surface area (Å²) >= 11 is 1.64. The summed E-state index contributed by atoms with van der Waals surface area (Å²) in [7, 11) is 0. The quantitative estimate of drug-likeness (QED) is 0.854. The molecule has 2 aromatic carbocycles. The number of hydrogen-bond acceptors (Lipinski definition) is 3. The SMILES string of the molecule is CCc1ccccc1N1C(=O)CS[C@H]1c1cccc(NC(=O)C2CC2)c1. The van der Waals surface area contributed by atoms with Crippen LogP contribution in [0.3, 0.4) is 0 Å². The number of hydrogen-bond donors (Lipinski definition) is 1. The molecule has 1 aliphatic heterocycles. The molecule has 1 saturated carbocycles. The molecule has 5 heteroatoms. The van der Waals surface area contributed by atoms with Crippen molar-refractivity contribution in [1.29, 1.82) is 0 Å². The fraction of sp³-hybridized carbons (Fsp3) is 0.333. The molecule has 1 atom stereocenters. The topological polar surface area (TPSA) is 49.4 Å². The molecule has 2 aliphatic rings. The van der Waals surface area contributed by atoms with Gasteiger partial charge < -0.3 is 5.32 Å². The van der Waals surface area contributed by atoms with E-state index in [4.69, 9.17) is 0 Å². The molecule has 0 spiro atoms. The molecule has 2 fully saturated rings. The first-order chi connectivity index (χ1) is 12.7. The minimum absolute atomic E-state index is 0.0621. The number of thioether (sulfide) groups is 1. The van der Waals surface area contributed by atoms with E-state index >= 15 is 0 Å². The Labute approximate surface area is 158 Å². The maximum absolute atomic E-state index is 12.6. The number of benzene rings is 2. The third-order valence-corrected chi connectivity index (χ3v) is 6.10. The summed E-state index contributed by atoms with van der Waals surface area (Å²) in [5.41, 5.74) is 4.01. The van der Waals surface area contributed by atoms with Crippen LogP contribution in [-0.4, -0.2) is 17.6 Å². The van der Waals surface area contributed by atoms with Crippen LogP contribution in [0.25, 0.3) is 0 Å². The highest BCUT2D eigenvalue weighted by Gasteiger charge is 2.35. The lowest BCUT2D eigenvalue weighted by Crippen LogP contribution is -2.28. The van der Waals surface area contributed by atoms with Gasteiger partial charge in [-0.1, -0.05) is 37.3 Å². The number of para-hydroxylation sites is 1. The highest BCUT2D eigenvalue weighted by Crippen LogP contribution is 2.43. The van der Waals surface area contributed by atoms with Crippen LogP contribution in [0.5, 0.6) is 0 Å². The number of nitrogens with zero attached hydrogens (tertiary/aromatic N) is 1. The summed E-state index contributed by atoms with van der Waals surface area (Å²) in [5, 5.41) is 2.94. The van der Waals surface area contributed by atoms with E-state index in [1.807, 2.05) is 47.4 Å². The van der Waals surface area contributed by atoms with Gasteiger partial charge in [-0.2, -0.15) is 0 Å². The van der Waals surface area contributed by atoms with E-state index in [0.717, 1.165) is 36.2 Å². The molecule has 0 aromatic heterocycles. The molecule has 1 heterocycles. The lowest BCUT2D eigenvalue weighted by molar-refractivity contribution is -0.117. The van der Waals surface area contributed by atoms with Crippen molar-refractivity contribution in [2.75, 3.05) is 16.0 Å². The van der Waals surface area contributed by atoms with E-state index in [9.17, 15) is 9.59 Å². The number of amides is 2. The maximum atomic E-state index is 12.6. The van der Waals surface area contributed by atoms with Crippen LogP contribution in [-0.2, 0) is 16.0 Å². The van der Waals surface area contributed by atoms with Gasteiger partial charge in [-0.3, -0.25) is 14.5 Å². The third kappa shape index (κ3) is 3.36. The smallest absolute Gasteiger partial charge is 0.238 e. The molecular weight excluding hydrogens is 344 g/mol. The maximum Gasteiger partial charge on any atom is 0.238 e. The van der Waals surface area contributed by atoms with Gasteiger partial charge in [-0.05, 0) is 48.6 Å². The highest BCUT2D eigenvalue weighted by molar-refractivity contribution is 8.00. The Morgan fingerprint density at radius 3 is 2.77 bits per heavy atom. The van der Waals surface area contributed by atoms with E-state index in [2.05, 4.69) is 18.3 Å². The summed E-state index contributed by atoms with van der Waals surface area (Å²) in [6.07, 6.45) is 2.86. The number of rotatable bonds is 5. The van der Waals surface area contributed by atoms with Gasteiger partial charge in [0.2, 0.25) is 11.8 Å². The monoisotopic (exact) mass is 366 g/mol. The molecular formula is C21H22N2O2S. The predicted molar refractivity (Wildman–Crippen MR) is 106 cm³/mol. The number of anilines is 2. The molecule has 1 saturated heterocycles. The van der Waals surface area contributed by atoms with Crippen molar-refractivity contribution < 1.29 is 9.59 Å². The van der Waals surface area contributed by atoms with E-state index in [-0.39, 0.29) is 23.1 Å². The van der Waals surface area contributed by atoms with Gasteiger partial charge in [0.25, 0.3) is 0 Å². The van der Waals surface area contributed by atoms with Crippen molar-refractivity contribution in [3.05, 3.63) is 59.7 Å². The molecule has 134 valence electrons. The Bertz CT molecular complexity index is 847.